The second kappa shape index (κ2) is 8.67. The van der Waals surface area contributed by atoms with Crippen LogP contribution in [0.25, 0.3) is 11.0 Å². The predicted octanol–water partition coefficient (Wildman–Crippen LogP) is 3.80. The molecule has 0 spiro atoms. The van der Waals surface area contributed by atoms with E-state index in [1.54, 1.807) is 25.5 Å². The number of nitrogens with one attached hydrogen (secondary N) is 1. The number of morpholine rings is 1. The Morgan fingerprint density at radius 3 is 2.69 bits per heavy atom. The Labute approximate surface area is 176 Å². The van der Waals surface area contributed by atoms with Crippen molar-refractivity contribution in [1.29, 1.82) is 0 Å². The fourth-order valence-corrected chi connectivity index (χ4v) is 3.62. The number of carbonyl (C=O) groups excluding carboxylic acids is 1. The van der Waals surface area contributed by atoms with Crippen LogP contribution >= 0.6 is 15.9 Å². The van der Waals surface area contributed by atoms with Crippen LogP contribution < -0.4 is 15.1 Å². The second-order valence-electron chi connectivity index (χ2n) is 6.53. The van der Waals surface area contributed by atoms with Crippen LogP contribution in [0.1, 0.15) is 16.1 Å². The molecule has 1 aliphatic rings. The first kappa shape index (κ1) is 19.5. The van der Waals surface area contributed by atoms with Crippen LogP contribution in [0.3, 0.4) is 0 Å². The first-order valence-electron chi connectivity index (χ1n) is 9.17. The molecule has 2 heterocycles. The van der Waals surface area contributed by atoms with E-state index in [1.165, 1.54) is 0 Å². The van der Waals surface area contributed by atoms with Gasteiger partial charge in [-0.05, 0) is 35.9 Å². The van der Waals surface area contributed by atoms with Gasteiger partial charge in [-0.25, -0.2) is 5.43 Å². The van der Waals surface area contributed by atoms with E-state index in [4.69, 9.17) is 13.9 Å². The van der Waals surface area contributed by atoms with Crippen LogP contribution in [0.5, 0.6) is 5.75 Å². The number of benzene rings is 2. The lowest BCUT2D eigenvalue weighted by molar-refractivity contribution is 0.0929. The molecule has 1 saturated heterocycles. The topological polar surface area (TPSA) is 76.3 Å². The van der Waals surface area contributed by atoms with E-state index in [2.05, 4.69) is 31.4 Å². The van der Waals surface area contributed by atoms with Crippen molar-refractivity contribution in [2.45, 2.75) is 0 Å². The lowest BCUT2D eigenvalue weighted by atomic mass is 10.2. The highest BCUT2D eigenvalue weighted by atomic mass is 79.9. The molecule has 0 aliphatic carbocycles. The van der Waals surface area contributed by atoms with Crippen molar-refractivity contribution in [1.82, 2.24) is 5.43 Å². The summed E-state index contributed by atoms with van der Waals surface area (Å²) in [5.74, 6) is 0.286. The van der Waals surface area contributed by atoms with Crippen molar-refractivity contribution < 1.29 is 18.7 Å². The number of hydrazone groups is 1. The van der Waals surface area contributed by atoms with Crippen LogP contribution in [-0.4, -0.2) is 45.5 Å². The molecule has 8 heteroatoms. The van der Waals surface area contributed by atoms with Crippen LogP contribution in [-0.2, 0) is 4.74 Å². The molecule has 2 aromatic carbocycles. The van der Waals surface area contributed by atoms with Gasteiger partial charge in [-0.3, -0.25) is 4.79 Å². The molecule has 0 saturated carbocycles. The molecule has 29 heavy (non-hydrogen) atoms. The molecule has 4 rings (SSSR count). The molecule has 1 amide bonds. The number of rotatable bonds is 5. The molecule has 0 bridgehead atoms. The molecule has 7 nitrogen and oxygen atoms in total. The summed E-state index contributed by atoms with van der Waals surface area (Å²) in [5.41, 5.74) is 5.05. The molecule has 0 atom stereocenters. The Hall–Kier alpha value is -2.84. The number of hydrogen-bond donors (Lipinski definition) is 1. The van der Waals surface area contributed by atoms with Gasteiger partial charge in [0.05, 0.1) is 26.5 Å². The number of carbonyl (C=O) groups is 1. The molecule has 0 unspecified atom stereocenters. The van der Waals surface area contributed by atoms with E-state index in [1.807, 2.05) is 30.3 Å². The fraction of sp³-hybridized carbons (Fsp3) is 0.238. The smallest absolute Gasteiger partial charge is 0.307 e. The maximum absolute atomic E-state index is 12.4. The van der Waals surface area contributed by atoms with Crippen LogP contribution in [0.4, 0.5) is 5.69 Å². The van der Waals surface area contributed by atoms with Crippen LogP contribution in [0.2, 0.25) is 0 Å². The number of anilines is 1. The summed E-state index contributed by atoms with van der Waals surface area (Å²) in [6.07, 6.45) is 1.60. The number of ether oxygens (including phenoxy) is 2. The number of methoxy groups -OCH3 is 1. The summed E-state index contributed by atoms with van der Waals surface area (Å²) in [5, 5.41) is 4.80. The minimum absolute atomic E-state index is 0.163. The monoisotopic (exact) mass is 457 g/mol. The fourth-order valence-electron chi connectivity index (χ4n) is 3.16. The standard InChI is InChI=1S/C21H20BrN3O4/c1-27-18-12-16(22)10-15-11-19(29-20(15)18)21(26)24-23-13-14-2-4-17(5-3-14)25-6-8-28-9-7-25/h2-5,10-13H,6-9H2,1H3,(H,24,26)/b23-13-. The van der Waals surface area contributed by atoms with Crippen LogP contribution in [0.15, 0.2) is 56.5 Å². The normalized spacial score (nSPS) is 14.5. The van der Waals surface area contributed by atoms with Gasteiger partial charge in [0, 0.05) is 28.6 Å². The lowest BCUT2D eigenvalue weighted by Crippen LogP contribution is -2.36. The lowest BCUT2D eigenvalue weighted by Gasteiger charge is -2.28. The highest BCUT2D eigenvalue weighted by Gasteiger charge is 2.15. The molecule has 0 radical (unpaired) electrons. The Kier molecular flexibility index (Phi) is 5.82. The van der Waals surface area contributed by atoms with Crippen molar-refractivity contribution >= 4 is 44.7 Å². The van der Waals surface area contributed by atoms with Gasteiger partial charge in [0.1, 0.15) is 0 Å². The zero-order chi connectivity index (χ0) is 20.2. The highest BCUT2D eigenvalue weighted by Crippen LogP contribution is 2.32. The van der Waals surface area contributed by atoms with Crippen molar-refractivity contribution in [3.8, 4) is 5.75 Å². The minimum Gasteiger partial charge on any atom is -0.493 e. The molecular weight excluding hydrogens is 438 g/mol. The molecule has 150 valence electrons. The average Bonchev–Trinajstić information content (AvgIpc) is 3.18. The van der Waals surface area contributed by atoms with Crippen LogP contribution in [0, 0.1) is 0 Å². The highest BCUT2D eigenvalue weighted by molar-refractivity contribution is 9.10. The van der Waals surface area contributed by atoms with Gasteiger partial charge in [0.2, 0.25) is 0 Å². The van der Waals surface area contributed by atoms with Gasteiger partial charge < -0.3 is 18.8 Å². The summed E-state index contributed by atoms with van der Waals surface area (Å²) >= 11 is 3.41. The Bertz CT molecular complexity index is 1040. The second-order valence-corrected chi connectivity index (χ2v) is 7.44. The van der Waals surface area contributed by atoms with Crippen molar-refractivity contribution in [2.24, 2.45) is 5.10 Å². The zero-order valence-corrected chi connectivity index (χ0v) is 17.4. The van der Waals surface area contributed by atoms with Gasteiger partial charge in [-0.15, -0.1) is 0 Å². The maximum atomic E-state index is 12.4. The van der Waals surface area contributed by atoms with E-state index >= 15 is 0 Å². The number of amides is 1. The Balaban J connectivity index is 1.41. The quantitative estimate of drug-likeness (QED) is 0.465. The van der Waals surface area contributed by atoms with Gasteiger partial charge >= 0.3 is 5.91 Å². The summed E-state index contributed by atoms with van der Waals surface area (Å²) in [6.45, 7) is 3.28. The molecule has 3 aromatic rings. The summed E-state index contributed by atoms with van der Waals surface area (Å²) in [7, 11) is 1.55. The Morgan fingerprint density at radius 2 is 1.97 bits per heavy atom. The number of furan rings is 1. The molecule has 1 fully saturated rings. The maximum Gasteiger partial charge on any atom is 0.307 e. The molecule has 1 aromatic heterocycles. The van der Waals surface area contributed by atoms with Crippen molar-refractivity contribution in [2.75, 3.05) is 38.3 Å². The first-order chi connectivity index (χ1) is 14.1. The van der Waals surface area contributed by atoms with Crippen molar-refractivity contribution in [3.63, 3.8) is 0 Å². The largest absolute Gasteiger partial charge is 0.493 e. The van der Waals surface area contributed by atoms with Gasteiger partial charge in [-0.1, -0.05) is 28.1 Å². The number of hydrogen-bond acceptors (Lipinski definition) is 6. The zero-order valence-electron chi connectivity index (χ0n) is 15.9. The molecule has 1 N–H and O–H groups in total. The first-order valence-corrected chi connectivity index (χ1v) is 9.96. The van der Waals surface area contributed by atoms with E-state index in [9.17, 15) is 4.79 Å². The number of halogens is 1. The predicted molar refractivity (Wildman–Crippen MR) is 115 cm³/mol. The average molecular weight is 458 g/mol. The van der Waals surface area contributed by atoms with Gasteiger partial charge in [0.25, 0.3) is 0 Å². The van der Waals surface area contributed by atoms with E-state index < -0.39 is 5.91 Å². The van der Waals surface area contributed by atoms with Crippen molar-refractivity contribution in [3.05, 3.63) is 58.3 Å². The van der Waals surface area contributed by atoms with Gasteiger partial charge in [-0.2, -0.15) is 5.10 Å². The van der Waals surface area contributed by atoms with E-state index in [0.717, 1.165) is 47.4 Å². The minimum atomic E-state index is -0.430. The summed E-state index contributed by atoms with van der Waals surface area (Å²) < 4.78 is 17.2. The summed E-state index contributed by atoms with van der Waals surface area (Å²) in [4.78, 5) is 14.6. The van der Waals surface area contributed by atoms with E-state index in [-0.39, 0.29) is 5.76 Å². The molecular formula is C21H20BrN3O4. The van der Waals surface area contributed by atoms with E-state index in [0.29, 0.717) is 11.3 Å². The third-order valence-corrected chi connectivity index (χ3v) is 5.10. The third-order valence-electron chi connectivity index (χ3n) is 4.64. The number of nitrogens with zero attached hydrogens (tertiary/aromatic N) is 2. The third kappa shape index (κ3) is 4.44. The summed E-state index contributed by atoms with van der Waals surface area (Å²) in [6, 6.07) is 13.3. The Morgan fingerprint density at radius 1 is 1.21 bits per heavy atom. The number of fused-ring (bicyclic) bond motifs is 1. The molecule has 1 aliphatic heterocycles. The van der Waals surface area contributed by atoms with Gasteiger partial charge in [0.15, 0.2) is 17.1 Å². The SMILES string of the molecule is COc1cc(Br)cc2cc(C(=O)N/N=C\c3ccc(N4CCOCC4)cc3)oc12.